The van der Waals surface area contributed by atoms with E-state index in [1.54, 1.807) is 25.5 Å². The van der Waals surface area contributed by atoms with Gasteiger partial charge in [-0.15, -0.1) is 11.8 Å². The summed E-state index contributed by atoms with van der Waals surface area (Å²) in [6, 6.07) is 7.57. The van der Waals surface area contributed by atoms with Gasteiger partial charge < -0.3 is 21.1 Å². The molecule has 0 bridgehead atoms. The Balaban J connectivity index is 0.00000291. The normalized spacial score (nSPS) is 10.4. The van der Waals surface area contributed by atoms with Gasteiger partial charge >= 0.3 is 5.97 Å². The van der Waals surface area contributed by atoms with Gasteiger partial charge in [0.05, 0.1) is 5.71 Å². The van der Waals surface area contributed by atoms with Gasteiger partial charge in [0, 0.05) is 37.1 Å². The summed E-state index contributed by atoms with van der Waals surface area (Å²) in [7, 11) is 1.68. The minimum atomic E-state index is -0.898. The lowest BCUT2D eigenvalue weighted by Crippen LogP contribution is -2.32. The topological polar surface area (TPSA) is 120 Å². The number of hydrogen-bond acceptors (Lipinski definition) is 7. The van der Waals surface area contributed by atoms with Gasteiger partial charge in [0.2, 0.25) is 0 Å². The Morgan fingerprint density at radius 3 is 2.19 bits per heavy atom. The van der Waals surface area contributed by atoms with Crippen molar-refractivity contribution in [3.8, 4) is 0 Å². The molecule has 0 radical (unpaired) electrons. The molecule has 1 heterocycles. The van der Waals surface area contributed by atoms with E-state index in [1.165, 1.54) is 11.8 Å². The van der Waals surface area contributed by atoms with E-state index in [1.807, 2.05) is 65.8 Å². The molecule has 1 aromatic carbocycles. The van der Waals surface area contributed by atoms with E-state index in [0.29, 0.717) is 48.8 Å². The third kappa shape index (κ3) is 9.33. The summed E-state index contributed by atoms with van der Waals surface area (Å²) in [5.41, 5.74) is 1.90. The molecule has 0 unspecified atom stereocenters. The average molecular weight is 520 g/mol. The van der Waals surface area contributed by atoms with Crippen LogP contribution in [-0.4, -0.2) is 44.7 Å². The van der Waals surface area contributed by atoms with Crippen molar-refractivity contribution >= 4 is 34.8 Å². The molecule has 0 aliphatic rings. The van der Waals surface area contributed by atoms with E-state index in [-0.39, 0.29) is 5.56 Å². The predicted octanol–water partition coefficient (Wildman–Crippen LogP) is 6.14. The molecule has 2 rings (SSSR count). The van der Waals surface area contributed by atoms with Crippen molar-refractivity contribution < 1.29 is 9.90 Å². The monoisotopic (exact) mass is 519 g/mol. The predicted molar refractivity (Wildman–Crippen MR) is 154 cm³/mol. The summed E-state index contributed by atoms with van der Waals surface area (Å²) < 4.78 is 0.755. The zero-order valence-corrected chi connectivity index (χ0v) is 24.2. The van der Waals surface area contributed by atoms with Gasteiger partial charge in [0.15, 0.2) is 0 Å². The molecule has 0 aliphatic carbocycles. The summed E-state index contributed by atoms with van der Waals surface area (Å²) in [6.07, 6.45) is 1.99. The Kier molecular flexibility index (Phi) is 15.5. The fourth-order valence-electron chi connectivity index (χ4n) is 3.20. The molecule has 36 heavy (non-hydrogen) atoms. The third-order valence-corrected chi connectivity index (χ3v) is 6.20. The van der Waals surface area contributed by atoms with Gasteiger partial charge in [-0.2, -0.15) is 0 Å². The van der Waals surface area contributed by atoms with Gasteiger partial charge in [-0.1, -0.05) is 48.0 Å². The molecule has 0 amide bonds. The first-order valence-corrected chi connectivity index (χ1v) is 13.6. The quantitative estimate of drug-likeness (QED) is 0.196. The number of nitrogens with one attached hydrogen (secondary N) is 3. The summed E-state index contributed by atoms with van der Waals surface area (Å²) in [5.74, 6) is -0.193. The highest BCUT2D eigenvalue weighted by atomic mass is 32.2. The fraction of sp³-hybridized carbons (Fsp3) is 0.556. The third-order valence-electron chi connectivity index (χ3n) is 5.01. The maximum absolute atomic E-state index is 13.1. The highest BCUT2D eigenvalue weighted by molar-refractivity contribution is 8.01. The van der Waals surface area contributed by atoms with Crippen molar-refractivity contribution in [3.63, 3.8) is 0 Å². The lowest BCUT2D eigenvalue weighted by molar-refractivity contribution is -0.138. The summed E-state index contributed by atoms with van der Waals surface area (Å²) in [4.78, 5) is 29.9. The molecule has 0 fully saturated rings. The molecule has 8 nitrogen and oxygen atoms in total. The molecule has 0 aliphatic heterocycles. The molecule has 202 valence electrons. The van der Waals surface area contributed by atoms with Crippen LogP contribution in [0.3, 0.4) is 0 Å². The summed E-state index contributed by atoms with van der Waals surface area (Å²) >= 11 is 1.30. The van der Waals surface area contributed by atoms with Crippen LogP contribution in [0.5, 0.6) is 0 Å². The Morgan fingerprint density at radius 1 is 1.14 bits per heavy atom. The first-order valence-electron chi connectivity index (χ1n) is 12.8. The van der Waals surface area contributed by atoms with E-state index in [0.717, 1.165) is 17.0 Å². The molecule has 9 heteroatoms. The standard InChI is InChI=1S/C23H33N5O3S.2C2H6/c1-6-8-17(24)19-20(25-5)21(29)28(18(7-2)27-19)14-13-26-15-9-11-16(12-10-15)32-23(3,4)22(30)31;2*1-2/h9-12,24-26H,6-8,13-14H2,1-5H3,(H,30,31);2*1-2H3. The smallest absolute Gasteiger partial charge is 0.319 e. The molecule has 0 spiro atoms. The Hall–Kier alpha value is -2.81. The van der Waals surface area contributed by atoms with Gasteiger partial charge in [-0.05, 0) is 44.5 Å². The average Bonchev–Trinajstić information content (AvgIpc) is 2.87. The van der Waals surface area contributed by atoms with Crippen molar-refractivity contribution in [1.29, 1.82) is 5.41 Å². The first-order chi connectivity index (χ1) is 17.1. The van der Waals surface area contributed by atoms with Crippen molar-refractivity contribution in [2.24, 2.45) is 0 Å². The molecular formula is C27H45N5O3S. The molecular weight excluding hydrogens is 474 g/mol. The van der Waals surface area contributed by atoms with Crippen molar-refractivity contribution in [3.05, 3.63) is 46.1 Å². The first kappa shape index (κ1) is 33.2. The number of anilines is 2. The van der Waals surface area contributed by atoms with Crippen LogP contribution in [0, 0.1) is 5.41 Å². The zero-order chi connectivity index (χ0) is 27.9. The van der Waals surface area contributed by atoms with E-state index < -0.39 is 10.7 Å². The maximum Gasteiger partial charge on any atom is 0.319 e. The molecule has 0 saturated carbocycles. The van der Waals surface area contributed by atoms with Crippen LogP contribution in [0.1, 0.15) is 79.7 Å². The van der Waals surface area contributed by atoms with Crippen molar-refractivity contribution in [2.45, 2.75) is 90.8 Å². The number of carbonyl (C=O) groups is 1. The van der Waals surface area contributed by atoms with Gasteiger partial charge in [0.25, 0.3) is 5.56 Å². The number of aliphatic carboxylic acids is 1. The van der Waals surface area contributed by atoms with Crippen LogP contribution in [0.25, 0.3) is 0 Å². The molecule has 2 aromatic rings. The minimum absolute atomic E-state index is 0.167. The van der Waals surface area contributed by atoms with Gasteiger partial charge in [-0.3, -0.25) is 14.2 Å². The number of nitrogens with zero attached hydrogens (tertiary/aromatic N) is 2. The summed E-state index contributed by atoms with van der Waals surface area (Å²) in [6.45, 7) is 16.3. The van der Waals surface area contributed by atoms with Crippen LogP contribution < -0.4 is 16.2 Å². The largest absolute Gasteiger partial charge is 0.480 e. The highest BCUT2D eigenvalue weighted by Gasteiger charge is 2.28. The Labute approximate surface area is 220 Å². The number of carboxylic acids is 1. The number of hydrogen-bond donors (Lipinski definition) is 4. The second kappa shape index (κ2) is 16.8. The molecule has 0 atom stereocenters. The van der Waals surface area contributed by atoms with Crippen LogP contribution in [0.4, 0.5) is 11.4 Å². The lowest BCUT2D eigenvalue weighted by atomic mass is 10.1. The lowest BCUT2D eigenvalue weighted by Gasteiger charge is -2.19. The van der Waals surface area contributed by atoms with Gasteiger partial charge in [0.1, 0.15) is 22.0 Å². The number of benzene rings is 1. The minimum Gasteiger partial charge on any atom is -0.480 e. The maximum atomic E-state index is 13.1. The van der Waals surface area contributed by atoms with E-state index in [9.17, 15) is 14.7 Å². The highest BCUT2D eigenvalue weighted by Crippen LogP contribution is 2.33. The van der Waals surface area contributed by atoms with Crippen LogP contribution in [-0.2, 0) is 17.8 Å². The fourth-order valence-corrected chi connectivity index (χ4v) is 4.15. The number of carboxylic acid groups (broad SMARTS) is 1. The molecule has 4 N–H and O–H groups in total. The van der Waals surface area contributed by atoms with E-state index >= 15 is 0 Å². The van der Waals surface area contributed by atoms with E-state index in [2.05, 4.69) is 15.6 Å². The van der Waals surface area contributed by atoms with Crippen molar-refractivity contribution in [1.82, 2.24) is 9.55 Å². The molecule has 1 aromatic heterocycles. The van der Waals surface area contributed by atoms with Gasteiger partial charge in [-0.25, -0.2) is 4.98 Å². The molecule has 0 saturated heterocycles. The van der Waals surface area contributed by atoms with Crippen LogP contribution in [0.2, 0.25) is 0 Å². The number of aryl methyl sites for hydroxylation is 1. The second-order valence-electron chi connectivity index (χ2n) is 7.91. The van der Waals surface area contributed by atoms with Crippen molar-refractivity contribution in [2.75, 3.05) is 24.2 Å². The Morgan fingerprint density at radius 2 is 1.72 bits per heavy atom. The summed E-state index contributed by atoms with van der Waals surface area (Å²) in [5, 5.41) is 23.8. The SMILES string of the molecule is CC.CC.CCCC(=N)c1nc(CC)n(CCNc2ccc(SC(C)(C)C(=O)O)cc2)c(=O)c1NC. The van der Waals surface area contributed by atoms with E-state index in [4.69, 9.17) is 5.41 Å². The zero-order valence-electron chi connectivity index (χ0n) is 23.4. The number of aromatic nitrogens is 2. The second-order valence-corrected chi connectivity index (χ2v) is 9.61. The Bertz CT molecular complexity index is 1020. The van der Waals surface area contributed by atoms with Crippen LogP contribution in [0.15, 0.2) is 34.0 Å². The van der Waals surface area contributed by atoms with Crippen LogP contribution >= 0.6 is 11.8 Å². The number of thioether (sulfide) groups is 1. The number of rotatable bonds is 12.